The van der Waals surface area contributed by atoms with Gasteiger partial charge in [0, 0.05) is 44.7 Å². The van der Waals surface area contributed by atoms with Crippen LogP contribution in [0.2, 0.25) is 0 Å². The zero-order chi connectivity index (χ0) is 17.6. The Labute approximate surface area is 139 Å². The Balaban J connectivity index is 1.75. The lowest BCUT2D eigenvalue weighted by Crippen LogP contribution is -2.44. The van der Waals surface area contributed by atoms with Crippen molar-refractivity contribution in [1.82, 2.24) is 19.4 Å². The summed E-state index contributed by atoms with van der Waals surface area (Å²) in [7, 11) is -3.60. The third-order valence-corrected chi connectivity index (χ3v) is 4.98. The first-order valence-corrected chi connectivity index (χ1v) is 9.37. The highest BCUT2D eigenvalue weighted by atomic mass is 32.2. The number of piperidine rings is 1. The fourth-order valence-corrected chi connectivity index (χ4v) is 3.37. The van der Waals surface area contributed by atoms with Crippen LogP contribution in [-0.4, -0.2) is 53.8 Å². The molecule has 0 aromatic carbocycles. The number of imide groups is 1. The van der Waals surface area contributed by atoms with Crippen LogP contribution < -0.4 is 10.3 Å². The summed E-state index contributed by atoms with van der Waals surface area (Å²) in [5, 5.41) is 3.87. The monoisotopic (exact) mass is 356 g/mol. The number of hydrogen-bond acceptors (Lipinski definition) is 6. The van der Waals surface area contributed by atoms with Crippen molar-refractivity contribution in [2.24, 2.45) is 0 Å². The van der Waals surface area contributed by atoms with Crippen molar-refractivity contribution in [3.8, 4) is 0 Å². The van der Waals surface area contributed by atoms with E-state index >= 15 is 0 Å². The molecule has 1 aliphatic heterocycles. The number of aromatic nitrogens is 2. The predicted octanol–water partition coefficient (Wildman–Crippen LogP) is -0.908. The van der Waals surface area contributed by atoms with Crippen molar-refractivity contribution in [1.29, 1.82) is 0 Å². The SMILES string of the molecule is O=C1CCCC(=O)N1CCS(=O)(=O)NCCCn1ncccc1=O. The Morgan fingerprint density at radius 2 is 1.83 bits per heavy atom. The molecular weight excluding hydrogens is 336 g/mol. The lowest BCUT2D eigenvalue weighted by atomic mass is 10.1. The van der Waals surface area contributed by atoms with Crippen molar-refractivity contribution in [3.05, 3.63) is 28.7 Å². The number of carbonyl (C=O) groups excluding carboxylic acids is 2. The van der Waals surface area contributed by atoms with Gasteiger partial charge < -0.3 is 0 Å². The van der Waals surface area contributed by atoms with E-state index in [9.17, 15) is 22.8 Å². The van der Waals surface area contributed by atoms with Gasteiger partial charge >= 0.3 is 0 Å². The zero-order valence-electron chi connectivity index (χ0n) is 13.2. The molecular formula is C14H20N4O5S. The molecule has 2 heterocycles. The molecule has 0 atom stereocenters. The second kappa shape index (κ2) is 8.15. The number of rotatable bonds is 8. The first-order chi connectivity index (χ1) is 11.4. The molecule has 0 saturated carbocycles. The number of aryl methyl sites for hydroxylation is 1. The van der Waals surface area contributed by atoms with Crippen molar-refractivity contribution < 1.29 is 18.0 Å². The highest BCUT2D eigenvalue weighted by Gasteiger charge is 2.26. The summed E-state index contributed by atoms with van der Waals surface area (Å²) in [5.41, 5.74) is -0.248. The van der Waals surface area contributed by atoms with E-state index in [0.29, 0.717) is 19.4 Å². The van der Waals surface area contributed by atoms with Crippen LogP contribution in [0.4, 0.5) is 0 Å². The molecule has 2 rings (SSSR count). The van der Waals surface area contributed by atoms with Crippen LogP contribution in [0, 0.1) is 0 Å². The molecule has 132 valence electrons. The Kier molecular flexibility index (Phi) is 6.21. The van der Waals surface area contributed by atoms with Gasteiger partial charge in [0.25, 0.3) is 5.56 Å². The maximum atomic E-state index is 11.9. The van der Waals surface area contributed by atoms with Crippen LogP contribution >= 0.6 is 0 Å². The number of nitrogens with zero attached hydrogens (tertiary/aromatic N) is 3. The van der Waals surface area contributed by atoms with Gasteiger partial charge in [-0.25, -0.2) is 17.8 Å². The molecule has 0 bridgehead atoms. The summed E-state index contributed by atoms with van der Waals surface area (Å²) in [6, 6.07) is 2.91. The van der Waals surface area contributed by atoms with Gasteiger partial charge in [0.1, 0.15) is 0 Å². The van der Waals surface area contributed by atoms with Gasteiger partial charge in [-0.05, 0) is 18.9 Å². The lowest BCUT2D eigenvalue weighted by Gasteiger charge is -2.24. The molecule has 0 aliphatic carbocycles. The van der Waals surface area contributed by atoms with Gasteiger partial charge in [0.15, 0.2) is 0 Å². The highest BCUT2D eigenvalue weighted by Crippen LogP contribution is 2.11. The maximum Gasteiger partial charge on any atom is 0.266 e. The smallest absolute Gasteiger partial charge is 0.266 e. The molecule has 1 aromatic heterocycles. The Bertz CT molecular complexity index is 742. The Hall–Kier alpha value is -2.07. The number of sulfonamides is 1. The molecule has 10 heteroatoms. The largest absolute Gasteiger partial charge is 0.282 e. The zero-order valence-corrected chi connectivity index (χ0v) is 14.0. The summed E-state index contributed by atoms with van der Waals surface area (Å²) in [5.74, 6) is -0.972. The second-order valence-electron chi connectivity index (χ2n) is 5.44. The highest BCUT2D eigenvalue weighted by molar-refractivity contribution is 7.89. The van der Waals surface area contributed by atoms with Gasteiger partial charge in [-0.3, -0.25) is 19.3 Å². The Morgan fingerprint density at radius 1 is 1.12 bits per heavy atom. The summed E-state index contributed by atoms with van der Waals surface area (Å²) in [4.78, 5) is 35.7. The molecule has 1 aliphatic rings. The average Bonchev–Trinajstić information content (AvgIpc) is 2.52. The number of carbonyl (C=O) groups is 2. The van der Waals surface area contributed by atoms with Gasteiger partial charge in [-0.2, -0.15) is 5.10 Å². The fraction of sp³-hybridized carbons (Fsp3) is 0.571. The molecule has 9 nitrogen and oxygen atoms in total. The maximum absolute atomic E-state index is 11.9. The van der Waals surface area contributed by atoms with Crippen LogP contribution in [0.15, 0.2) is 23.1 Å². The first kappa shape index (κ1) is 18.3. The number of hydrogen-bond donors (Lipinski definition) is 1. The van der Waals surface area contributed by atoms with E-state index in [1.165, 1.54) is 23.0 Å². The van der Waals surface area contributed by atoms with Crippen molar-refractivity contribution in [3.63, 3.8) is 0 Å². The third-order valence-electron chi connectivity index (χ3n) is 3.62. The van der Waals surface area contributed by atoms with E-state index in [0.717, 1.165) is 4.90 Å². The van der Waals surface area contributed by atoms with E-state index in [1.54, 1.807) is 0 Å². The second-order valence-corrected chi connectivity index (χ2v) is 7.37. The molecule has 1 fully saturated rings. The standard InChI is InChI=1S/C14H20N4O5S/c19-12-4-1-5-13(20)17(12)10-11-24(22,23)16-8-3-9-18-14(21)6-2-7-15-18/h2,6-7,16H,1,3-5,8-11H2. The van der Waals surface area contributed by atoms with E-state index < -0.39 is 10.0 Å². The molecule has 1 aromatic rings. The van der Waals surface area contributed by atoms with Crippen molar-refractivity contribution >= 4 is 21.8 Å². The van der Waals surface area contributed by atoms with Crippen LogP contribution in [0.25, 0.3) is 0 Å². The summed E-state index contributed by atoms with van der Waals surface area (Å²) in [6.45, 7) is 0.311. The number of amides is 2. The Morgan fingerprint density at radius 3 is 2.50 bits per heavy atom. The third kappa shape index (κ3) is 5.24. The van der Waals surface area contributed by atoms with Crippen LogP contribution in [0.3, 0.4) is 0 Å². The van der Waals surface area contributed by atoms with E-state index in [4.69, 9.17) is 0 Å². The number of likely N-dealkylation sites (tertiary alicyclic amines) is 1. The summed E-state index contributed by atoms with van der Waals surface area (Å²) >= 11 is 0. The molecule has 1 saturated heterocycles. The fourth-order valence-electron chi connectivity index (χ4n) is 2.34. The first-order valence-electron chi connectivity index (χ1n) is 7.72. The average molecular weight is 356 g/mol. The topological polar surface area (TPSA) is 118 Å². The van der Waals surface area contributed by atoms with Crippen molar-refractivity contribution in [2.75, 3.05) is 18.8 Å². The normalized spacial score (nSPS) is 15.8. The van der Waals surface area contributed by atoms with E-state index in [-0.39, 0.29) is 49.1 Å². The van der Waals surface area contributed by atoms with E-state index in [1.807, 2.05) is 0 Å². The van der Waals surface area contributed by atoms with Crippen LogP contribution in [-0.2, 0) is 26.2 Å². The van der Waals surface area contributed by atoms with Gasteiger partial charge in [-0.1, -0.05) is 0 Å². The minimum atomic E-state index is -3.60. The molecule has 1 N–H and O–H groups in total. The molecule has 0 radical (unpaired) electrons. The summed E-state index contributed by atoms with van der Waals surface area (Å²) < 4.78 is 27.5. The molecule has 24 heavy (non-hydrogen) atoms. The quantitative estimate of drug-likeness (QED) is 0.476. The van der Waals surface area contributed by atoms with Gasteiger partial charge in [0.2, 0.25) is 21.8 Å². The number of nitrogens with one attached hydrogen (secondary N) is 1. The molecule has 0 unspecified atom stereocenters. The lowest BCUT2D eigenvalue weighted by molar-refractivity contribution is -0.147. The molecule has 0 spiro atoms. The minimum Gasteiger partial charge on any atom is -0.282 e. The van der Waals surface area contributed by atoms with Gasteiger partial charge in [-0.15, -0.1) is 0 Å². The summed E-state index contributed by atoms with van der Waals surface area (Å²) in [6.07, 6.45) is 2.96. The minimum absolute atomic E-state index is 0.132. The molecule has 2 amide bonds. The van der Waals surface area contributed by atoms with Gasteiger partial charge in [0.05, 0.1) is 5.75 Å². The predicted molar refractivity (Wildman–Crippen MR) is 85.5 cm³/mol. The van der Waals surface area contributed by atoms with Crippen molar-refractivity contribution in [2.45, 2.75) is 32.2 Å². The van der Waals surface area contributed by atoms with Crippen LogP contribution in [0.5, 0.6) is 0 Å². The van der Waals surface area contributed by atoms with Crippen LogP contribution in [0.1, 0.15) is 25.7 Å². The van der Waals surface area contributed by atoms with E-state index in [2.05, 4.69) is 9.82 Å².